The second-order valence-electron chi connectivity index (χ2n) is 5.37. The topological polar surface area (TPSA) is 64.9 Å². The Kier molecular flexibility index (Phi) is 2.74. The third kappa shape index (κ3) is 2.09. The average molecular weight is 277 g/mol. The van der Waals surface area contributed by atoms with Gasteiger partial charge in [-0.15, -0.1) is 0 Å². The fourth-order valence-electron chi connectivity index (χ4n) is 2.99. The van der Waals surface area contributed by atoms with Crippen molar-refractivity contribution in [3.8, 4) is 11.5 Å². The largest absolute Gasteiger partial charge is 0.399 e. The lowest BCUT2D eigenvalue weighted by molar-refractivity contribution is 0.419. The summed E-state index contributed by atoms with van der Waals surface area (Å²) in [6.07, 6.45) is 2.11. The van der Waals surface area contributed by atoms with Gasteiger partial charge in [0.15, 0.2) is 5.82 Å². The molecule has 0 bridgehead atoms. The molecule has 0 saturated carbocycles. The minimum Gasteiger partial charge on any atom is -0.399 e. The van der Waals surface area contributed by atoms with Crippen LogP contribution in [0, 0.1) is 0 Å². The molecule has 1 aliphatic rings. The monoisotopic (exact) mass is 277 g/mol. The first-order valence-corrected chi connectivity index (χ1v) is 7.08. The quantitative estimate of drug-likeness (QED) is 0.729. The normalized spacial score (nSPS) is 16.9. The summed E-state index contributed by atoms with van der Waals surface area (Å²) in [6, 6.07) is 16.0. The van der Waals surface area contributed by atoms with Crippen molar-refractivity contribution in [1.29, 1.82) is 0 Å². The third-order valence-electron chi connectivity index (χ3n) is 4.02. The Labute approximate surface area is 122 Å². The number of aromatic nitrogens is 2. The summed E-state index contributed by atoms with van der Waals surface area (Å²) < 4.78 is 5.42. The molecule has 1 aromatic heterocycles. The van der Waals surface area contributed by atoms with Crippen molar-refractivity contribution in [3.05, 3.63) is 65.5 Å². The van der Waals surface area contributed by atoms with Crippen LogP contribution in [-0.4, -0.2) is 10.1 Å². The van der Waals surface area contributed by atoms with Crippen molar-refractivity contribution in [2.75, 3.05) is 5.73 Å². The first kappa shape index (κ1) is 12.1. The second-order valence-corrected chi connectivity index (χ2v) is 5.37. The molecule has 1 heterocycles. The zero-order valence-corrected chi connectivity index (χ0v) is 11.5. The highest BCUT2D eigenvalue weighted by molar-refractivity contribution is 5.59. The van der Waals surface area contributed by atoms with E-state index in [-0.39, 0.29) is 5.92 Å². The van der Waals surface area contributed by atoms with E-state index in [0.29, 0.717) is 11.6 Å². The van der Waals surface area contributed by atoms with E-state index in [1.807, 2.05) is 24.3 Å². The van der Waals surface area contributed by atoms with Crippen molar-refractivity contribution in [2.45, 2.75) is 18.8 Å². The van der Waals surface area contributed by atoms with Gasteiger partial charge in [-0.25, -0.2) is 0 Å². The Morgan fingerprint density at radius 2 is 2.00 bits per heavy atom. The molecule has 0 amide bonds. The van der Waals surface area contributed by atoms with Gasteiger partial charge in [0.25, 0.3) is 5.89 Å². The van der Waals surface area contributed by atoms with Crippen LogP contribution < -0.4 is 5.73 Å². The predicted octanol–water partition coefficient (Wildman–Crippen LogP) is 3.40. The number of anilines is 1. The molecular weight excluding hydrogens is 262 g/mol. The van der Waals surface area contributed by atoms with E-state index in [4.69, 9.17) is 10.3 Å². The number of nitrogens with zero attached hydrogens (tertiary/aromatic N) is 2. The smallest absolute Gasteiger partial charge is 0.258 e. The van der Waals surface area contributed by atoms with Gasteiger partial charge in [0.05, 0.1) is 0 Å². The molecule has 2 N–H and O–H groups in total. The Hall–Kier alpha value is -2.62. The van der Waals surface area contributed by atoms with Crippen molar-refractivity contribution >= 4 is 5.69 Å². The molecule has 4 nitrogen and oxygen atoms in total. The van der Waals surface area contributed by atoms with Gasteiger partial charge >= 0.3 is 0 Å². The molecule has 0 spiro atoms. The molecule has 0 aliphatic heterocycles. The number of rotatable bonds is 2. The van der Waals surface area contributed by atoms with Crippen LogP contribution in [0.1, 0.15) is 29.3 Å². The van der Waals surface area contributed by atoms with E-state index < -0.39 is 0 Å². The zero-order chi connectivity index (χ0) is 14.2. The van der Waals surface area contributed by atoms with Gasteiger partial charge < -0.3 is 10.3 Å². The van der Waals surface area contributed by atoms with Gasteiger partial charge in [-0.3, -0.25) is 0 Å². The van der Waals surface area contributed by atoms with Gasteiger partial charge in [0.1, 0.15) is 0 Å². The number of hydrogen-bond donors (Lipinski definition) is 1. The van der Waals surface area contributed by atoms with E-state index >= 15 is 0 Å². The minimum atomic E-state index is 0.236. The standard InChI is InChI=1S/C17H15N3O/c18-13-6-3-5-12(10-13)17-19-16(20-21-17)15-9-8-11-4-1-2-7-14(11)15/h1-7,10,15H,8-9,18H2. The number of fused-ring (bicyclic) bond motifs is 1. The summed E-state index contributed by atoms with van der Waals surface area (Å²) >= 11 is 0. The molecule has 3 aromatic rings. The lowest BCUT2D eigenvalue weighted by Crippen LogP contribution is -1.98. The van der Waals surface area contributed by atoms with E-state index in [0.717, 1.165) is 24.2 Å². The first-order chi connectivity index (χ1) is 10.3. The molecule has 4 rings (SSSR count). The highest BCUT2D eigenvalue weighted by atomic mass is 16.5. The lowest BCUT2D eigenvalue weighted by atomic mass is 10.0. The molecule has 4 heteroatoms. The van der Waals surface area contributed by atoms with Crippen molar-refractivity contribution in [1.82, 2.24) is 10.1 Å². The molecule has 1 aliphatic carbocycles. The summed E-state index contributed by atoms with van der Waals surface area (Å²) in [6.45, 7) is 0. The number of hydrogen-bond acceptors (Lipinski definition) is 4. The maximum absolute atomic E-state index is 5.80. The zero-order valence-electron chi connectivity index (χ0n) is 11.5. The van der Waals surface area contributed by atoms with Gasteiger partial charge in [0, 0.05) is 17.2 Å². The van der Waals surface area contributed by atoms with Crippen molar-refractivity contribution in [2.24, 2.45) is 0 Å². The maximum Gasteiger partial charge on any atom is 0.258 e. The van der Waals surface area contributed by atoms with Gasteiger partial charge in [0.2, 0.25) is 0 Å². The summed E-state index contributed by atoms with van der Waals surface area (Å²) in [7, 11) is 0. The molecule has 0 radical (unpaired) electrons. The molecule has 21 heavy (non-hydrogen) atoms. The highest BCUT2D eigenvalue weighted by Crippen LogP contribution is 2.37. The Bertz CT molecular complexity index is 794. The maximum atomic E-state index is 5.80. The predicted molar refractivity (Wildman–Crippen MR) is 80.8 cm³/mol. The molecule has 1 unspecified atom stereocenters. The van der Waals surface area contributed by atoms with E-state index in [1.54, 1.807) is 0 Å². The summed E-state index contributed by atoms with van der Waals surface area (Å²) in [5.41, 5.74) is 10.1. The molecule has 2 aromatic carbocycles. The summed E-state index contributed by atoms with van der Waals surface area (Å²) in [5.74, 6) is 1.53. The molecule has 0 fully saturated rings. The number of nitrogens with two attached hydrogens (primary N) is 1. The van der Waals surface area contributed by atoms with Crippen LogP contribution in [0.3, 0.4) is 0 Å². The summed E-state index contributed by atoms with van der Waals surface area (Å²) in [4.78, 5) is 4.57. The van der Waals surface area contributed by atoms with Crippen molar-refractivity contribution < 1.29 is 4.52 Å². The molecular formula is C17H15N3O. The van der Waals surface area contributed by atoms with Gasteiger partial charge in [-0.05, 0) is 42.2 Å². The van der Waals surface area contributed by atoms with Crippen LogP contribution >= 0.6 is 0 Å². The van der Waals surface area contributed by atoms with E-state index in [2.05, 4.69) is 34.4 Å². The van der Waals surface area contributed by atoms with Gasteiger partial charge in [-0.1, -0.05) is 35.5 Å². The molecule has 0 saturated heterocycles. The van der Waals surface area contributed by atoms with Crippen LogP contribution in [0.25, 0.3) is 11.5 Å². The van der Waals surface area contributed by atoms with Crippen molar-refractivity contribution in [3.63, 3.8) is 0 Å². The summed E-state index contributed by atoms with van der Waals surface area (Å²) in [5, 5.41) is 4.18. The highest BCUT2D eigenvalue weighted by Gasteiger charge is 2.27. The number of benzene rings is 2. The second kappa shape index (κ2) is 4.74. The number of nitrogen functional groups attached to an aromatic ring is 1. The lowest BCUT2D eigenvalue weighted by Gasteiger charge is -2.05. The van der Waals surface area contributed by atoms with E-state index in [1.165, 1.54) is 11.1 Å². The van der Waals surface area contributed by atoms with Crippen LogP contribution in [0.5, 0.6) is 0 Å². The Balaban J connectivity index is 1.70. The fourth-order valence-corrected chi connectivity index (χ4v) is 2.99. The van der Waals surface area contributed by atoms with Crippen LogP contribution in [0.4, 0.5) is 5.69 Å². The van der Waals surface area contributed by atoms with E-state index in [9.17, 15) is 0 Å². The number of aryl methyl sites for hydroxylation is 1. The average Bonchev–Trinajstić information content (AvgIpc) is 3.14. The van der Waals surface area contributed by atoms with Crippen LogP contribution in [0.2, 0.25) is 0 Å². The SMILES string of the molecule is Nc1cccc(-c2nc(C3CCc4ccccc43)no2)c1. The molecule has 1 atom stereocenters. The first-order valence-electron chi connectivity index (χ1n) is 7.08. The van der Waals surface area contributed by atoms with Gasteiger partial charge in [-0.2, -0.15) is 4.98 Å². The Morgan fingerprint density at radius 3 is 2.90 bits per heavy atom. The fraction of sp³-hybridized carbons (Fsp3) is 0.176. The Morgan fingerprint density at radius 1 is 1.10 bits per heavy atom. The van der Waals surface area contributed by atoms with Crippen LogP contribution in [0.15, 0.2) is 53.1 Å². The molecule has 104 valence electrons. The minimum absolute atomic E-state index is 0.236. The third-order valence-corrected chi connectivity index (χ3v) is 4.02. The van der Waals surface area contributed by atoms with Crippen LogP contribution in [-0.2, 0) is 6.42 Å².